The van der Waals surface area contributed by atoms with Gasteiger partial charge in [0.15, 0.2) is 0 Å². The molecule has 0 unspecified atom stereocenters. The van der Waals surface area contributed by atoms with Gasteiger partial charge in [-0.2, -0.15) is 10.4 Å². The minimum absolute atomic E-state index is 0. The zero-order valence-corrected chi connectivity index (χ0v) is 17.6. The number of aliphatic hydroxyl groups excluding tert-OH is 1. The van der Waals surface area contributed by atoms with Crippen LogP contribution in [0.3, 0.4) is 0 Å². The molecule has 2 saturated heterocycles. The second-order valence-electron chi connectivity index (χ2n) is 7.46. The van der Waals surface area contributed by atoms with Crippen molar-refractivity contribution in [1.29, 1.82) is 5.26 Å². The predicted octanol–water partition coefficient (Wildman–Crippen LogP) is 1.24. The molecule has 162 valence electrons. The van der Waals surface area contributed by atoms with Crippen LogP contribution >= 0.6 is 12.4 Å². The van der Waals surface area contributed by atoms with Crippen LogP contribution in [0.15, 0.2) is 36.8 Å². The minimum Gasteiger partial charge on any atom is -0.484 e. The van der Waals surface area contributed by atoms with Gasteiger partial charge in [0, 0.05) is 43.5 Å². The number of nitrogens with one attached hydrogen (secondary N) is 1. The number of anilines is 1. The van der Waals surface area contributed by atoms with Gasteiger partial charge in [0.2, 0.25) is 0 Å². The number of piperazine rings is 1. The highest BCUT2D eigenvalue weighted by Gasteiger charge is 2.28. The van der Waals surface area contributed by atoms with E-state index in [1.54, 1.807) is 16.9 Å². The first-order valence-corrected chi connectivity index (χ1v) is 9.99. The molecule has 2 fully saturated rings. The largest absolute Gasteiger partial charge is 0.484 e. The second-order valence-corrected chi connectivity index (χ2v) is 7.46. The van der Waals surface area contributed by atoms with E-state index in [0.717, 1.165) is 43.1 Å². The lowest BCUT2D eigenvalue weighted by Gasteiger charge is -2.28. The number of nitrogens with zero attached hydrogens (tertiary/aromatic N) is 5. The molecule has 9 nitrogen and oxygen atoms in total. The molecule has 0 aliphatic carbocycles. The summed E-state index contributed by atoms with van der Waals surface area (Å²) < 4.78 is 12.9. The molecule has 2 atom stereocenters. The van der Waals surface area contributed by atoms with Crippen molar-refractivity contribution in [3.8, 4) is 22.9 Å². The minimum atomic E-state index is -0.670. The van der Waals surface area contributed by atoms with Gasteiger partial charge in [-0.15, -0.1) is 12.4 Å². The molecule has 5 heterocycles. The smallest absolute Gasteiger partial charge is 0.150 e. The fourth-order valence-corrected chi connectivity index (χ4v) is 3.90. The van der Waals surface area contributed by atoms with Gasteiger partial charge in [-0.25, -0.2) is 9.50 Å². The van der Waals surface area contributed by atoms with E-state index < -0.39 is 12.2 Å². The molecule has 0 radical (unpaired) electrons. The number of halogens is 1. The summed E-state index contributed by atoms with van der Waals surface area (Å²) in [7, 11) is 0. The highest BCUT2D eigenvalue weighted by Crippen LogP contribution is 2.32. The molecular weight excluding hydrogens is 420 g/mol. The van der Waals surface area contributed by atoms with Crippen molar-refractivity contribution < 1.29 is 14.6 Å². The number of rotatable bonds is 4. The zero-order chi connectivity index (χ0) is 20.5. The Kier molecular flexibility index (Phi) is 6.25. The first-order chi connectivity index (χ1) is 14.7. The van der Waals surface area contributed by atoms with Crippen LogP contribution in [0.1, 0.15) is 5.56 Å². The van der Waals surface area contributed by atoms with Gasteiger partial charge in [-0.3, -0.25) is 0 Å². The average Bonchev–Trinajstić information content (AvgIpc) is 3.40. The maximum absolute atomic E-state index is 10.0. The van der Waals surface area contributed by atoms with Crippen LogP contribution < -0.4 is 15.0 Å². The monoisotopic (exact) mass is 442 g/mol. The molecule has 5 rings (SSSR count). The summed E-state index contributed by atoms with van der Waals surface area (Å²) in [6.45, 7) is 4.33. The molecule has 0 amide bonds. The van der Waals surface area contributed by atoms with Crippen LogP contribution in [0.4, 0.5) is 5.82 Å². The number of ether oxygens (including phenoxy) is 2. The maximum Gasteiger partial charge on any atom is 0.150 e. The molecule has 0 saturated carbocycles. The van der Waals surface area contributed by atoms with E-state index in [-0.39, 0.29) is 19.0 Å². The van der Waals surface area contributed by atoms with E-state index in [1.807, 2.05) is 24.4 Å². The Hall–Kier alpha value is -2.90. The number of hydrogen-bond acceptors (Lipinski definition) is 8. The molecule has 10 heteroatoms. The van der Waals surface area contributed by atoms with E-state index in [1.165, 1.54) is 0 Å². The number of aromatic nitrogens is 3. The lowest BCUT2D eigenvalue weighted by Crippen LogP contribution is -2.43. The standard InChI is InChI=1S/C21H22N6O3.ClH/c22-8-15-10-25-27-11-16(30-19-13-29-12-18(19)28)7-17(21(15)27)14-1-2-20(24-9-14)26-5-3-23-4-6-26;/h1-2,7,9-11,18-19,23,28H,3-6,12-13H2;1H/t18-,19-;/m0./s1. The van der Waals surface area contributed by atoms with E-state index in [0.29, 0.717) is 23.4 Å². The molecular formula is C21H23ClN6O3. The summed E-state index contributed by atoms with van der Waals surface area (Å²) in [5.74, 6) is 1.48. The zero-order valence-electron chi connectivity index (χ0n) is 16.8. The van der Waals surface area contributed by atoms with Crippen molar-refractivity contribution in [2.75, 3.05) is 44.3 Å². The van der Waals surface area contributed by atoms with E-state index in [4.69, 9.17) is 9.47 Å². The molecule has 3 aromatic heterocycles. The summed E-state index contributed by atoms with van der Waals surface area (Å²) in [4.78, 5) is 6.90. The molecule has 0 aromatic carbocycles. The highest BCUT2D eigenvalue weighted by atomic mass is 35.5. The molecule has 2 aliphatic heterocycles. The Balaban J connectivity index is 0.00000231. The normalized spacial score (nSPS) is 21.0. The fraction of sp³-hybridized carbons (Fsp3) is 0.381. The Bertz CT molecular complexity index is 1090. The Morgan fingerprint density at radius 1 is 1.23 bits per heavy atom. The highest BCUT2D eigenvalue weighted by molar-refractivity contribution is 5.85. The summed E-state index contributed by atoms with van der Waals surface area (Å²) in [6, 6.07) is 8.08. The van der Waals surface area contributed by atoms with Crippen molar-refractivity contribution in [3.63, 3.8) is 0 Å². The van der Waals surface area contributed by atoms with Gasteiger partial charge in [-0.1, -0.05) is 0 Å². The number of fused-ring (bicyclic) bond motifs is 1. The van der Waals surface area contributed by atoms with Crippen LogP contribution in [0.2, 0.25) is 0 Å². The molecule has 3 aromatic rings. The number of nitriles is 1. The summed E-state index contributed by atoms with van der Waals surface area (Å²) in [6.07, 6.45) is 3.97. The topological polar surface area (TPSA) is 108 Å². The Morgan fingerprint density at radius 3 is 2.74 bits per heavy atom. The average molecular weight is 443 g/mol. The van der Waals surface area contributed by atoms with Crippen LogP contribution in [0.25, 0.3) is 16.6 Å². The van der Waals surface area contributed by atoms with Crippen LogP contribution in [-0.2, 0) is 4.74 Å². The molecule has 2 N–H and O–H groups in total. The number of aliphatic hydroxyl groups is 1. The second kappa shape index (κ2) is 9.08. The quantitative estimate of drug-likeness (QED) is 0.621. The molecule has 0 bridgehead atoms. The van der Waals surface area contributed by atoms with E-state index in [2.05, 4.69) is 26.4 Å². The van der Waals surface area contributed by atoms with Crippen molar-refractivity contribution in [2.24, 2.45) is 0 Å². The fourth-order valence-electron chi connectivity index (χ4n) is 3.90. The van der Waals surface area contributed by atoms with Gasteiger partial charge in [0.05, 0.1) is 36.7 Å². The first-order valence-electron chi connectivity index (χ1n) is 9.99. The number of pyridine rings is 2. The lowest BCUT2D eigenvalue weighted by atomic mass is 10.1. The summed E-state index contributed by atoms with van der Waals surface area (Å²) in [5, 5.41) is 27.2. The van der Waals surface area contributed by atoms with Gasteiger partial charge in [0.25, 0.3) is 0 Å². The van der Waals surface area contributed by atoms with Gasteiger partial charge < -0.3 is 24.8 Å². The van der Waals surface area contributed by atoms with Crippen molar-refractivity contribution >= 4 is 23.7 Å². The van der Waals surface area contributed by atoms with Gasteiger partial charge in [0.1, 0.15) is 29.8 Å². The summed E-state index contributed by atoms with van der Waals surface area (Å²) in [5.41, 5.74) is 2.84. The predicted molar refractivity (Wildman–Crippen MR) is 117 cm³/mol. The van der Waals surface area contributed by atoms with Crippen LogP contribution in [0, 0.1) is 11.3 Å². The lowest BCUT2D eigenvalue weighted by molar-refractivity contribution is 0.0730. The summed E-state index contributed by atoms with van der Waals surface area (Å²) >= 11 is 0. The van der Waals surface area contributed by atoms with Crippen molar-refractivity contribution in [1.82, 2.24) is 19.9 Å². The first kappa shape index (κ1) is 21.3. The third-order valence-corrected chi connectivity index (χ3v) is 5.49. The van der Waals surface area contributed by atoms with Gasteiger partial charge in [-0.05, 0) is 18.2 Å². The Labute approximate surface area is 185 Å². The third kappa shape index (κ3) is 4.16. The molecule has 2 aliphatic rings. The van der Waals surface area contributed by atoms with Crippen LogP contribution in [0.5, 0.6) is 5.75 Å². The molecule has 0 spiro atoms. The Morgan fingerprint density at radius 2 is 2.06 bits per heavy atom. The van der Waals surface area contributed by atoms with Crippen molar-refractivity contribution in [3.05, 3.63) is 42.4 Å². The number of hydrogen-bond donors (Lipinski definition) is 2. The third-order valence-electron chi connectivity index (χ3n) is 5.49. The van der Waals surface area contributed by atoms with Crippen molar-refractivity contribution in [2.45, 2.75) is 12.2 Å². The molecule has 31 heavy (non-hydrogen) atoms. The van der Waals surface area contributed by atoms with Gasteiger partial charge >= 0.3 is 0 Å². The van der Waals surface area contributed by atoms with E-state index in [9.17, 15) is 10.4 Å². The maximum atomic E-state index is 10.0. The van der Waals surface area contributed by atoms with E-state index >= 15 is 0 Å². The SMILES string of the molecule is Cl.N#Cc1cnn2cc(O[C@H]3COC[C@@H]3O)cc(-c3ccc(N4CCNCC4)nc3)c12. The van der Waals surface area contributed by atoms with Crippen LogP contribution in [-0.4, -0.2) is 71.3 Å².